The second-order valence-electron chi connectivity index (χ2n) is 7.76. The van der Waals surface area contributed by atoms with Gasteiger partial charge in [0.1, 0.15) is 11.8 Å². The van der Waals surface area contributed by atoms with E-state index in [2.05, 4.69) is 26.8 Å². The summed E-state index contributed by atoms with van der Waals surface area (Å²) in [4.78, 5) is 18.1. The van der Waals surface area contributed by atoms with Gasteiger partial charge in [0.05, 0.1) is 18.4 Å². The van der Waals surface area contributed by atoms with Crippen molar-refractivity contribution in [1.82, 2.24) is 14.8 Å². The minimum absolute atomic E-state index is 0.0719. The van der Waals surface area contributed by atoms with Crippen LogP contribution in [0.5, 0.6) is 5.75 Å². The number of aryl methyl sites for hydroxylation is 2. The van der Waals surface area contributed by atoms with Crippen LogP contribution >= 0.6 is 0 Å². The van der Waals surface area contributed by atoms with Crippen LogP contribution in [0.25, 0.3) is 0 Å². The lowest BCUT2D eigenvalue weighted by molar-refractivity contribution is -0.113. The Hall–Kier alpha value is -3.65. The zero-order chi connectivity index (χ0) is 22.7. The van der Waals surface area contributed by atoms with Crippen LogP contribution in [-0.4, -0.2) is 39.5 Å². The normalized spacial score (nSPS) is 15.2. The Morgan fingerprint density at radius 3 is 2.78 bits per heavy atom. The number of aliphatic hydroxyl groups is 1. The molecular weight excluding hydrogens is 406 g/mol. The van der Waals surface area contributed by atoms with Gasteiger partial charge < -0.3 is 20.5 Å². The zero-order valence-electron chi connectivity index (χ0n) is 18.4. The number of fused-ring (bicyclic) bond motifs is 1. The zero-order valence-corrected chi connectivity index (χ0v) is 18.4. The minimum Gasteiger partial charge on any atom is -0.495 e. The molecule has 166 valence electrons. The number of nitrogens with one attached hydrogen (secondary N) is 2. The molecule has 0 spiro atoms. The number of aromatic nitrogens is 3. The first kappa shape index (κ1) is 21.6. The summed E-state index contributed by atoms with van der Waals surface area (Å²) < 4.78 is 7.15. The predicted octanol–water partition coefficient (Wildman–Crippen LogP) is 3.45. The van der Waals surface area contributed by atoms with Crippen molar-refractivity contribution in [2.75, 3.05) is 24.4 Å². The molecule has 1 aromatic heterocycles. The molecule has 0 radical (unpaired) electrons. The average molecular weight is 434 g/mol. The first-order chi connectivity index (χ1) is 15.5. The maximum atomic E-state index is 13.5. The summed E-state index contributed by atoms with van der Waals surface area (Å²) in [7, 11) is 1.57. The van der Waals surface area contributed by atoms with E-state index in [0.29, 0.717) is 47.3 Å². The Labute approximate surface area is 186 Å². The second kappa shape index (κ2) is 9.23. The van der Waals surface area contributed by atoms with E-state index in [1.807, 2.05) is 44.2 Å². The van der Waals surface area contributed by atoms with Crippen LogP contribution in [0.3, 0.4) is 0 Å². The number of methoxy groups -OCH3 is 1. The van der Waals surface area contributed by atoms with E-state index in [1.165, 1.54) is 0 Å². The molecule has 1 aliphatic heterocycles. The molecule has 4 rings (SSSR count). The SMILES string of the molecule is COc1ccccc1NC(=O)C1=C(C)Nc2nc(CCCO)nn2[C@@H]1c1cccc(C)c1. The van der Waals surface area contributed by atoms with Gasteiger partial charge in [-0.15, -0.1) is 0 Å². The third kappa shape index (κ3) is 4.22. The molecule has 1 aliphatic rings. The van der Waals surface area contributed by atoms with Crippen LogP contribution in [0, 0.1) is 6.92 Å². The lowest BCUT2D eigenvalue weighted by Gasteiger charge is -2.29. The van der Waals surface area contributed by atoms with Crippen molar-refractivity contribution in [2.24, 2.45) is 0 Å². The van der Waals surface area contributed by atoms with Gasteiger partial charge in [-0.2, -0.15) is 10.1 Å². The molecule has 0 unspecified atom stereocenters. The first-order valence-corrected chi connectivity index (χ1v) is 10.6. The number of hydrogen-bond acceptors (Lipinski definition) is 6. The van der Waals surface area contributed by atoms with Gasteiger partial charge in [0.15, 0.2) is 5.82 Å². The molecule has 1 amide bonds. The van der Waals surface area contributed by atoms with Crippen molar-refractivity contribution < 1.29 is 14.6 Å². The maximum Gasteiger partial charge on any atom is 0.255 e. The largest absolute Gasteiger partial charge is 0.495 e. The summed E-state index contributed by atoms with van der Waals surface area (Å²) >= 11 is 0. The Balaban J connectivity index is 1.77. The lowest BCUT2D eigenvalue weighted by atomic mass is 9.94. The number of allylic oxidation sites excluding steroid dienone is 1. The van der Waals surface area contributed by atoms with Gasteiger partial charge >= 0.3 is 0 Å². The van der Waals surface area contributed by atoms with Crippen molar-refractivity contribution in [3.8, 4) is 5.75 Å². The Bertz CT molecular complexity index is 1170. The molecule has 1 atom stereocenters. The number of anilines is 2. The number of carbonyl (C=O) groups excluding carboxylic acids is 1. The van der Waals surface area contributed by atoms with Crippen molar-refractivity contribution in [3.63, 3.8) is 0 Å². The monoisotopic (exact) mass is 433 g/mol. The number of hydrogen-bond donors (Lipinski definition) is 3. The predicted molar refractivity (Wildman–Crippen MR) is 123 cm³/mol. The average Bonchev–Trinajstić information content (AvgIpc) is 3.19. The molecule has 32 heavy (non-hydrogen) atoms. The quantitative estimate of drug-likeness (QED) is 0.528. The van der Waals surface area contributed by atoms with Gasteiger partial charge in [0.2, 0.25) is 5.95 Å². The summed E-state index contributed by atoms with van der Waals surface area (Å²) in [5.74, 6) is 1.54. The van der Waals surface area contributed by atoms with Gasteiger partial charge in [0, 0.05) is 18.7 Å². The van der Waals surface area contributed by atoms with Crippen LogP contribution in [0.2, 0.25) is 0 Å². The fourth-order valence-corrected chi connectivity index (χ4v) is 3.92. The molecule has 3 aromatic rings. The first-order valence-electron chi connectivity index (χ1n) is 10.6. The molecular formula is C24H27N5O3. The lowest BCUT2D eigenvalue weighted by Crippen LogP contribution is -2.31. The van der Waals surface area contributed by atoms with Crippen molar-refractivity contribution in [1.29, 1.82) is 0 Å². The van der Waals surface area contributed by atoms with Crippen LogP contribution in [0.1, 0.15) is 36.3 Å². The number of para-hydroxylation sites is 2. The van der Waals surface area contributed by atoms with E-state index >= 15 is 0 Å². The van der Waals surface area contributed by atoms with Gasteiger partial charge in [-0.3, -0.25) is 4.79 Å². The third-order valence-electron chi connectivity index (χ3n) is 5.41. The number of rotatable bonds is 7. The van der Waals surface area contributed by atoms with Crippen molar-refractivity contribution in [3.05, 3.63) is 76.8 Å². The molecule has 0 saturated carbocycles. The molecule has 0 fully saturated rings. The molecule has 0 bridgehead atoms. The van der Waals surface area contributed by atoms with E-state index in [-0.39, 0.29) is 12.5 Å². The minimum atomic E-state index is -0.448. The molecule has 3 N–H and O–H groups in total. The maximum absolute atomic E-state index is 13.5. The molecule has 2 heterocycles. The highest BCUT2D eigenvalue weighted by Gasteiger charge is 2.34. The summed E-state index contributed by atoms with van der Waals surface area (Å²) in [5, 5.41) is 20.1. The summed E-state index contributed by atoms with van der Waals surface area (Å²) in [6.45, 7) is 3.96. The van der Waals surface area contributed by atoms with Crippen molar-refractivity contribution in [2.45, 2.75) is 32.7 Å². The van der Waals surface area contributed by atoms with Gasteiger partial charge in [0.25, 0.3) is 5.91 Å². The van der Waals surface area contributed by atoms with Gasteiger partial charge in [-0.1, -0.05) is 42.0 Å². The Morgan fingerprint density at radius 2 is 2.03 bits per heavy atom. The summed E-state index contributed by atoms with van der Waals surface area (Å²) in [6.07, 6.45) is 1.13. The van der Waals surface area contributed by atoms with Gasteiger partial charge in [-0.25, -0.2) is 4.68 Å². The molecule has 8 heteroatoms. The topological polar surface area (TPSA) is 101 Å². The van der Waals surface area contributed by atoms with Crippen LogP contribution in [0.4, 0.5) is 11.6 Å². The van der Waals surface area contributed by atoms with Crippen LogP contribution in [-0.2, 0) is 11.2 Å². The van der Waals surface area contributed by atoms with E-state index in [1.54, 1.807) is 23.9 Å². The molecule has 2 aromatic carbocycles. The van der Waals surface area contributed by atoms with Crippen LogP contribution < -0.4 is 15.4 Å². The van der Waals surface area contributed by atoms with Crippen LogP contribution in [0.15, 0.2) is 59.8 Å². The highest BCUT2D eigenvalue weighted by Crippen LogP contribution is 2.36. The van der Waals surface area contributed by atoms with E-state index in [4.69, 9.17) is 4.74 Å². The number of benzene rings is 2. The highest BCUT2D eigenvalue weighted by molar-refractivity contribution is 6.06. The van der Waals surface area contributed by atoms with Gasteiger partial charge in [-0.05, 0) is 38.0 Å². The van der Waals surface area contributed by atoms with E-state index < -0.39 is 6.04 Å². The number of ether oxygens (including phenoxy) is 1. The van der Waals surface area contributed by atoms with E-state index in [9.17, 15) is 9.90 Å². The second-order valence-corrected chi connectivity index (χ2v) is 7.76. The number of nitrogens with zero attached hydrogens (tertiary/aromatic N) is 3. The molecule has 0 aliphatic carbocycles. The Morgan fingerprint density at radius 1 is 1.22 bits per heavy atom. The Kier molecular flexibility index (Phi) is 6.23. The summed E-state index contributed by atoms with van der Waals surface area (Å²) in [6, 6.07) is 14.9. The fourth-order valence-electron chi connectivity index (χ4n) is 3.92. The molecule has 8 nitrogen and oxygen atoms in total. The number of aliphatic hydroxyl groups excluding tert-OH is 1. The summed E-state index contributed by atoms with van der Waals surface area (Å²) in [5.41, 5.74) is 3.88. The van der Waals surface area contributed by atoms with E-state index in [0.717, 1.165) is 11.1 Å². The van der Waals surface area contributed by atoms with Crippen molar-refractivity contribution >= 4 is 17.5 Å². The standard InChI is InChI=1S/C24H27N5O3/c1-15-8-6-9-17(14-15)22-21(23(31)26-18-10-4-5-11-19(18)32-3)16(2)25-24-27-20(12-7-13-30)28-29(22)24/h4-6,8-11,14,22,30H,7,12-13H2,1-3H3,(H,26,31)(H,25,27,28)/t22-/m1/s1. The fraction of sp³-hybridized carbons (Fsp3) is 0.292. The smallest absolute Gasteiger partial charge is 0.255 e. The number of amides is 1. The number of carbonyl (C=O) groups is 1. The third-order valence-corrected chi connectivity index (χ3v) is 5.41. The highest BCUT2D eigenvalue weighted by atomic mass is 16.5. The molecule has 0 saturated heterocycles.